The van der Waals surface area contributed by atoms with Crippen LogP contribution in [0, 0.1) is 0 Å². The highest BCUT2D eigenvalue weighted by Gasteiger charge is 2.36. The standard InChI is InChI=1S/C12H20O3Si/c1-8(2)10-6-5-7-11(9(3)4)12(10)16(13,14)15/h5-9,13-15H,1-4H3. The molecule has 0 aromatic heterocycles. The van der Waals surface area contributed by atoms with Crippen LogP contribution in [0.1, 0.15) is 50.7 Å². The molecule has 3 N–H and O–H groups in total. The first kappa shape index (κ1) is 13.4. The zero-order chi connectivity index (χ0) is 12.5. The van der Waals surface area contributed by atoms with Gasteiger partial charge in [0.2, 0.25) is 0 Å². The van der Waals surface area contributed by atoms with E-state index in [0.717, 1.165) is 11.1 Å². The predicted octanol–water partition coefficient (Wildman–Crippen LogP) is 1.06. The monoisotopic (exact) mass is 240 g/mol. The maximum absolute atomic E-state index is 9.60. The van der Waals surface area contributed by atoms with Crippen molar-refractivity contribution in [3.63, 3.8) is 0 Å². The number of hydrogen-bond donors (Lipinski definition) is 3. The topological polar surface area (TPSA) is 60.7 Å². The van der Waals surface area contributed by atoms with Gasteiger partial charge in [0.25, 0.3) is 0 Å². The Morgan fingerprint density at radius 2 is 1.25 bits per heavy atom. The third-order valence-electron chi connectivity index (χ3n) is 2.71. The molecule has 16 heavy (non-hydrogen) atoms. The Labute approximate surface area is 97.8 Å². The molecular weight excluding hydrogens is 220 g/mol. The van der Waals surface area contributed by atoms with Crippen LogP contribution in [-0.4, -0.2) is 23.2 Å². The first-order valence-corrected chi connectivity index (χ1v) is 7.39. The second kappa shape index (κ2) is 4.67. The fourth-order valence-corrected chi connectivity index (χ4v) is 3.46. The molecule has 1 aromatic rings. The molecule has 0 aliphatic carbocycles. The van der Waals surface area contributed by atoms with Gasteiger partial charge in [-0.05, 0) is 23.0 Å². The van der Waals surface area contributed by atoms with E-state index in [2.05, 4.69) is 0 Å². The minimum Gasteiger partial charge on any atom is -0.386 e. The molecule has 0 spiro atoms. The summed E-state index contributed by atoms with van der Waals surface area (Å²) in [5.74, 6) is 0.319. The van der Waals surface area contributed by atoms with Crippen molar-refractivity contribution in [1.82, 2.24) is 0 Å². The third kappa shape index (κ3) is 2.71. The fourth-order valence-electron chi connectivity index (χ4n) is 1.94. The Hall–Kier alpha value is -0.683. The van der Waals surface area contributed by atoms with E-state index in [1.807, 2.05) is 45.9 Å². The zero-order valence-corrected chi connectivity index (χ0v) is 11.2. The molecule has 0 saturated carbocycles. The first-order chi connectivity index (χ1) is 7.25. The maximum atomic E-state index is 9.60. The lowest BCUT2D eigenvalue weighted by atomic mass is 9.95. The summed E-state index contributed by atoms with van der Waals surface area (Å²) in [6.45, 7) is 7.90. The number of rotatable bonds is 3. The van der Waals surface area contributed by atoms with E-state index in [1.54, 1.807) is 0 Å². The van der Waals surface area contributed by atoms with Crippen LogP contribution >= 0.6 is 0 Å². The van der Waals surface area contributed by atoms with Gasteiger partial charge in [0.15, 0.2) is 0 Å². The molecule has 0 amide bonds. The van der Waals surface area contributed by atoms with Crippen LogP contribution in [0.15, 0.2) is 18.2 Å². The van der Waals surface area contributed by atoms with Gasteiger partial charge < -0.3 is 14.4 Å². The summed E-state index contributed by atoms with van der Waals surface area (Å²) < 4.78 is 0. The van der Waals surface area contributed by atoms with Gasteiger partial charge in [-0.25, -0.2) is 0 Å². The highest BCUT2D eigenvalue weighted by atomic mass is 28.4. The van der Waals surface area contributed by atoms with Gasteiger partial charge in [-0.15, -0.1) is 0 Å². The molecule has 0 radical (unpaired) electrons. The van der Waals surface area contributed by atoms with Gasteiger partial charge in [-0.1, -0.05) is 45.9 Å². The van der Waals surface area contributed by atoms with E-state index < -0.39 is 8.80 Å². The van der Waals surface area contributed by atoms with Crippen molar-refractivity contribution < 1.29 is 14.4 Å². The van der Waals surface area contributed by atoms with Gasteiger partial charge >= 0.3 is 8.80 Å². The molecule has 4 heteroatoms. The van der Waals surface area contributed by atoms with E-state index in [9.17, 15) is 14.4 Å². The molecule has 3 nitrogen and oxygen atoms in total. The molecular formula is C12H20O3Si. The minimum absolute atomic E-state index is 0.159. The largest absolute Gasteiger partial charge is 0.529 e. The van der Waals surface area contributed by atoms with Crippen LogP contribution < -0.4 is 5.19 Å². The SMILES string of the molecule is CC(C)c1cccc(C(C)C)c1[Si](O)(O)O. The first-order valence-electron chi connectivity index (χ1n) is 5.55. The highest BCUT2D eigenvalue weighted by Crippen LogP contribution is 2.20. The van der Waals surface area contributed by atoms with E-state index in [-0.39, 0.29) is 11.8 Å². The lowest BCUT2D eigenvalue weighted by Gasteiger charge is -2.22. The second-order valence-electron chi connectivity index (χ2n) is 4.76. The zero-order valence-electron chi connectivity index (χ0n) is 10.2. The molecule has 0 saturated heterocycles. The van der Waals surface area contributed by atoms with E-state index >= 15 is 0 Å². The average Bonchev–Trinajstić information content (AvgIpc) is 2.15. The summed E-state index contributed by atoms with van der Waals surface area (Å²) in [7, 11) is -4.25. The minimum atomic E-state index is -4.25. The van der Waals surface area contributed by atoms with Gasteiger partial charge in [-0.3, -0.25) is 0 Å². The van der Waals surface area contributed by atoms with Crippen LogP contribution in [0.3, 0.4) is 0 Å². The van der Waals surface area contributed by atoms with Crippen molar-refractivity contribution >= 4 is 14.0 Å². The summed E-state index contributed by atoms with van der Waals surface area (Å²) in [6, 6.07) is 5.58. The molecule has 0 fully saturated rings. The smallest absolute Gasteiger partial charge is 0.386 e. The second-order valence-corrected chi connectivity index (χ2v) is 6.53. The van der Waals surface area contributed by atoms with Gasteiger partial charge in [-0.2, -0.15) is 0 Å². The normalized spacial score (nSPS) is 12.6. The summed E-state index contributed by atoms with van der Waals surface area (Å²) >= 11 is 0. The van der Waals surface area contributed by atoms with Crippen LogP contribution in [-0.2, 0) is 0 Å². The molecule has 90 valence electrons. The molecule has 0 aliphatic heterocycles. The van der Waals surface area contributed by atoms with Crippen molar-refractivity contribution in [3.05, 3.63) is 29.3 Å². The summed E-state index contributed by atoms with van der Waals surface area (Å²) in [5, 5.41) is 0.361. The van der Waals surface area contributed by atoms with Gasteiger partial charge in [0.1, 0.15) is 0 Å². The Balaban J connectivity index is 3.48. The predicted molar refractivity (Wildman–Crippen MR) is 66.7 cm³/mol. The van der Waals surface area contributed by atoms with Crippen LogP contribution in [0.25, 0.3) is 0 Å². The molecule has 0 unspecified atom stereocenters. The fraction of sp³-hybridized carbons (Fsp3) is 0.500. The number of benzene rings is 1. The van der Waals surface area contributed by atoms with Crippen molar-refractivity contribution in [3.8, 4) is 0 Å². The third-order valence-corrected chi connectivity index (χ3v) is 3.96. The highest BCUT2D eigenvalue weighted by molar-refractivity contribution is 6.72. The van der Waals surface area contributed by atoms with Gasteiger partial charge in [0.05, 0.1) is 0 Å². The molecule has 1 rings (SSSR count). The molecule has 0 atom stereocenters. The van der Waals surface area contributed by atoms with Crippen molar-refractivity contribution in [2.45, 2.75) is 39.5 Å². The van der Waals surface area contributed by atoms with Crippen molar-refractivity contribution in [1.29, 1.82) is 0 Å². The van der Waals surface area contributed by atoms with Crippen molar-refractivity contribution in [2.24, 2.45) is 0 Å². The molecule has 0 bridgehead atoms. The van der Waals surface area contributed by atoms with E-state index in [0.29, 0.717) is 5.19 Å². The summed E-state index contributed by atoms with van der Waals surface area (Å²) in [6.07, 6.45) is 0. The molecule has 0 heterocycles. The van der Waals surface area contributed by atoms with E-state index in [1.165, 1.54) is 0 Å². The van der Waals surface area contributed by atoms with Gasteiger partial charge in [0, 0.05) is 5.19 Å². The Morgan fingerprint density at radius 3 is 1.50 bits per heavy atom. The van der Waals surface area contributed by atoms with Crippen LogP contribution in [0.5, 0.6) is 0 Å². The summed E-state index contributed by atoms with van der Waals surface area (Å²) in [5.41, 5.74) is 1.65. The lowest BCUT2D eigenvalue weighted by Crippen LogP contribution is -2.52. The number of hydrogen-bond acceptors (Lipinski definition) is 3. The molecule has 0 aliphatic rings. The Kier molecular flexibility index (Phi) is 3.91. The summed E-state index contributed by atoms with van der Waals surface area (Å²) in [4.78, 5) is 28.8. The quantitative estimate of drug-likeness (QED) is 0.692. The molecule has 1 aromatic carbocycles. The Bertz CT molecular complexity index is 341. The van der Waals surface area contributed by atoms with Crippen molar-refractivity contribution in [2.75, 3.05) is 0 Å². The average molecular weight is 240 g/mol. The van der Waals surface area contributed by atoms with Crippen LogP contribution in [0.2, 0.25) is 0 Å². The lowest BCUT2D eigenvalue weighted by molar-refractivity contribution is 0.249. The van der Waals surface area contributed by atoms with E-state index in [4.69, 9.17) is 0 Å². The Morgan fingerprint density at radius 1 is 0.875 bits per heavy atom. The maximum Gasteiger partial charge on any atom is 0.529 e. The van der Waals surface area contributed by atoms with Crippen LogP contribution in [0.4, 0.5) is 0 Å².